The standard InChI is InChI=1S/C25H25FN6O/c1-15-5-3-10-27-23(15)31-25-28-11-9-20(30-25)17-6-4-12-32(14-17)24(33)22-16(2)19-13-18(26)7-8-21(19)29-22/h3,5,7-11,13,17,29H,4,6,12,14H2,1-2H3,(H,27,28,30,31)/t17-/m0/s1. The van der Waals surface area contributed by atoms with Crippen molar-refractivity contribution >= 4 is 28.6 Å². The molecule has 3 aromatic heterocycles. The van der Waals surface area contributed by atoms with E-state index >= 15 is 0 Å². The number of rotatable bonds is 4. The van der Waals surface area contributed by atoms with Crippen molar-refractivity contribution in [3.63, 3.8) is 0 Å². The first-order chi connectivity index (χ1) is 16.0. The summed E-state index contributed by atoms with van der Waals surface area (Å²) < 4.78 is 13.7. The van der Waals surface area contributed by atoms with E-state index in [0.29, 0.717) is 24.7 Å². The predicted molar refractivity (Wildman–Crippen MR) is 125 cm³/mol. The molecule has 33 heavy (non-hydrogen) atoms. The van der Waals surface area contributed by atoms with Gasteiger partial charge in [0.1, 0.15) is 17.3 Å². The number of benzene rings is 1. The largest absolute Gasteiger partial charge is 0.350 e. The third-order valence-electron chi connectivity index (χ3n) is 6.28. The van der Waals surface area contributed by atoms with Gasteiger partial charge in [-0.2, -0.15) is 0 Å². The molecule has 1 aliphatic rings. The number of carbonyl (C=O) groups excluding carboxylic acids is 1. The number of halogens is 1. The van der Waals surface area contributed by atoms with Gasteiger partial charge in [-0.25, -0.2) is 19.3 Å². The first-order valence-corrected chi connectivity index (χ1v) is 11.1. The zero-order chi connectivity index (χ0) is 22.9. The Morgan fingerprint density at radius 2 is 2.06 bits per heavy atom. The summed E-state index contributed by atoms with van der Waals surface area (Å²) in [4.78, 5) is 31.8. The van der Waals surface area contributed by atoms with Crippen molar-refractivity contribution in [2.45, 2.75) is 32.6 Å². The van der Waals surface area contributed by atoms with E-state index in [1.807, 2.05) is 36.9 Å². The second kappa shape index (κ2) is 8.61. The summed E-state index contributed by atoms with van der Waals surface area (Å²) in [5.74, 6) is 0.950. The summed E-state index contributed by atoms with van der Waals surface area (Å²) in [6.07, 6.45) is 5.29. The topological polar surface area (TPSA) is 86.8 Å². The highest BCUT2D eigenvalue weighted by Crippen LogP contribution is 2.29. The third kappa shape index (κ3) is 4.16. The fourth-order valence-electron chi connectivity index (χ4n) is 4.46. The van der Waals surface area contributed by atoms with Gasteiger partial charge in [-0.1, -0.05) is 6.07 Å². The number of fused-ring (bicyclic) bond motifs is 1. The number of nitrogens with one attached hydrogen (secondary N) is 2. The smallest absolute Gasteiger partial charge is 0.270 e. The molecule has 2 N–H and O–H groups in total. The van der Waals surface area contributed by atoms with Gasteiger partial charge >= 0.3 is 0 Å². The van der Waals surface area contributed by atoms with Gasteiger partial charge in [0, 0.05) is 42.3 Å². The van der Waals surface area contributed by atoms with Crippen molar-refractivity contribution < 1.29 is 9.18 Å². The predicted octanol–water partition coefficient (Wildman–Crippen LogP) is 4.87. The lowest BCUT2D eigenvalue weighted by Crippen LogP contribution is -2.39. The highest BCUT2D eigenvalue weighted by Gasteiger charge is 2.28. The number of likely N-dealkylation sites (tertiary alicyclic amines) is 1. The van der Waals surface area contributed by atoms with Gasteiger partial charge in [-0.15, -0.1) is 0 Å². The number of anilines is 2. The van der Waals surface area contributed by atoms with Crippen molar-refractivity contribution in [1.29, 1.82) is 0 Å². The molecule has 0 aliphatic carbocycles. The number of hydrogen-bond acceptors (Lipinski definition) is 5. The van der Waals surface area contributed by atoms with Crippen molar-refractivity contribution in [3.05, 3.63) is 77.1 Å². The number of amides is 1. The van der Waals surface area contributed by atoms with Crippen LogP contribution in [-0.4, -0.2) is 43.8 Å². The maximum atomic E-state index is 13.7. The molecule has 1 amide bonds. The molecule has 4 heterocycles. The van der Waals surface area contributed by atoms with Crippen LogP contribution in [0.1, 0.15) is 46.1 Å². The molecule has 1 fully saturated rings. The average molecular weight is 445 g/mol. The van der Waals surface area contributed by atoms with Crippen LogP contribution >= 0.6 is 0 Å². The van der Waals surface area contributed by atoms with Crippen LogP contribution in [0, 0.1) is 19.7 Å². The molecule has 5 rings (SSSR count). The van der Waals surface area contributed by atoms with E-state index in [1.54, 1.807) is 18.5 Å². The van der Waals surface area contributed by atoms with Crippen LogP contribution in [0.3, 0.4) is 0 Å². The molecule has 0 saturated carbocycles. The molecule has 4 aromatic rings. The fraction of sp³-hybridized carbons (Fsp3) is 0.280. The Labute approximate surface area is 191 Å². The lowest BCUT2D eigenvalue weighted by molar-refractivity contribution is 0.0700. The Morgan fingerprint density at radius 3 is 2.91 bits per heavy atom. The van der Waals surface area contributed by atoms with E-state index in [1.165, 1.54) is 12.1 Å². The third-order valence-corrected chi connectivity index (χ3v) is 6.28. The van der Waals surface area contributed by atoms with Crippen LogP contribution in [0.4, 0.5) is 16.2 Å². The molecule has 1 saturated heterocycles. The first kappa shape index (κ1) is 21.1. The summed E-state index contributed by atoms with van der Waals surface area (Å²) in [6.45, 7) is 5.09. The van der Waals surface area contributed by atoms with E-state index in [9.17, 15) is 9.18 Å². The zero-order valence-corrected chi connectivity index (χ0v) is 18.6. The molecule has 1 atom stereocenters. The minimum atomic E-state index is -0.310. The van der Waals surface area contributed by atoms with Gasteiger partial charge in [0.15, 0.2) is 0 Å². The van der Waals surface area contributed by atoms with Gasteiger partial charge in [0.25, 0.3) is 5.91 Å². The van der Waals surface area contributed by atoms with Gasteiger partial charge in [-0.3, -0.25) is 4.79 Å². The van der Waals surface area contributed by atoms with Crippen molar-refractivity contribution in [3.8, 4) is 0 Å². The number of carbonyl (C=O) groups is 1. The zero-order valence-electron chi connectivity index (χ0n) is 18.6. The quantitative estimate of drug-likeness (QED) is 0.469. The minimum absolute atomic E-state index is 0.0645. The highest BCUT2D eigenvalue weighted by molar-refractivity contribution is 6.01. The number of nitrogens with zero attached hydrogens (tertiary/aromatic N) is 4. The molecular weight excluding hydrogens is 419 g/mol. The number of pyridine rings is 1. The van der Waals surface area contributed by atoms with E-state index in [4.69, 9.17) is 4.98 Å². The van der Waals surface area contributed by atoms with Crippen LogP contribution in [-0.2, 0) is 0 Å². The van der Waals surface area contributed by atoms with Gasteiger partial charge < -0.3 is 15.2 Å². The van der Waals surface area contributed by atoms with E-state index in [-0.39, 0.29) is 17.6 Å². The molecule has 7 nitrogen and oxygen atoms in total. The maximum Gasteiger partial charge on any atom is 0.270 e. The molecule has 0 radical (unpaired) electrons. The molecule has 0 unspecified atom stereocenters. The molecule has 0 spiro atoms. The van der Waals surface area contributed by atoms with Crippen molar-refractivity contribution in [2.24, 2.45) is 0 Å². The van der Waals surface area contributed by atoms with Crippen molar-refractivity contribution in [1.82, 2.24) is 24.8 Å². The van der Waals surface area contributed by atoms with Crippen LogP contribution in [0.2, 0.25) is 0 Å². The lowest BCUT2D eigenvalue weighted by Gasteiger charge is -2.32. The molecule has 8 heteroatoms. The fourth-order valence-corrected chi connectivity index (χ4v) is 4.46. The summed E-state index contributed by atoms with van der Waals surface area (Å²) in [7, 11) is 0. The Bertz CT molecular complexity index is 1330. The van der Waals surface area contributed by atoms with E-state index < -0.39 is 0 Å². The Hall–Kier alpha value is -3.81. The van der Waals surface area contributed by atoms with E-state index in [2.05, 4.69) is 20.3 Å². The summed E-state index contributed by atoms with van der Waals surface area (Å²) in [6, 6.07) is 10.3. The minimum Gasteiger partial charge on any atom is -0.350 e. The molecular formula is C25H25FN6O. The lowest BCUT2D eigenvalue weighted by atomic mass is 9.94. The average Bonchev–Trinajstić information content (AvgIpc) is 3.16. The normalized spacial score (nSPS) is 16.2. The number of aromatic nitrogens is 4. The number of aryl methyl sites for hydroxylation is 2. The van der Waals surface area contributed by atoms with Crippen LogP contribution in [0.15, 0.2) is 48.8 Å². The van der Waals surface area contributed by atoms with Gasteiger partial charge in [0.2, 0.25) is 5.95 Å². The van der Waals surface area contributed by atoms with Crippen molar-refractivity contribution in [2.75, 3.05) is 18.4 Å². The van der Waals surface area contributed by atoms with Gasteiger partial charge in [-0.05, 0) is 68.1 Å². The highest BCUT2D eigenvalue weighted by atomic mass is 19.1. The molecule has 1 aliphatic heterocycles. The molecule has 168 valence electrons. The second-order valence-electron chi connectivity index (χ2n) is 8.50. The monoisotopic (exact) mass is 444 g/mol. The second-order valence-corrected chi connectivity index (χ2v) is 8.50. The number of hydrogen-bond donors (Lipinski definition) is 2. The number of aromatic amines is 1. The Morgan fingerprint density at radius 1 is 1.18 bits per heavy atom. The summed E-state index contributed by atoms with van der Waals surface area (Å²) >= 11 is 0. The Kier molecular flexibility index (Phi) is 5.50. The number of piperidine rings is 1. The molecule has 0 bridgehead atoms. The SMILES string of the molecule is Cc1cccnc1Nc1nccc([C@H]2CCCN(C(=O)c3[nH]c4ccc(F)cc4c3C)C2)n1. The van der Waals surface area contributed by atoms with Gasteiger partial charge in [0.05, 0.1) is 5.69 Å². The van der Waals surface area contributed by atoms with Crippen LogP contribution < -0.4 is 5.32 Å². The first-order valence-electron chi connectivity index (χ1n) is 11.1. The Balaban J connectivity index is 1.35. The van der Waals surface area contributed by atoms with E-state index in [0.717, 1.165) is 46.4 Å². The van der Waals surface area contributed by atoms with Crippen LogP contribution in [0.25, 0.3) is 10.9 Å². The number of H-pyrrole nitrogens is 1. The summed E-state index contributed by atoms with van der Waals surface area (Å²) in [5, 5.41) is 3.93. The van der Waals surface area contributed by atoms with Crippen LogP contribution in [0.5, 0.6) is 0 Å². The maximum absolute atomic E-state index is 13.7. The molecule has 1 aromatic carbocycles. The summed E-state index contributed by atoms with van der Waals surface area (Å²) in [5.41, 5.74) is 3.97.